The molecule has 0 saturated carbocycles. The summed E-state index contributed by atoms with van der Waals surface area (Å²) in [6.07, 6.45) is 0.126. The highest BCUT2D eigenvalue weighted by Crippen LogP contribution is 2.19. The van der Waals surface area contributed by atoms with Crippen LogP contribution in [0.25, 0.3) is 11.4 Å². The SMILES string of the molecule is Cc1cc(F)ccc1S(=O)(=O)NCCc1nc(-c2ccccc2F)no1. The molecule has 6 nitrogen and oxygen atoms in total. The van der Waals surface area contributed by atoms with Gasteiger partial charge in [-0.1, -0.05) is 17.3 Å². The van der Waals surface area contributed by atoms with Crippen LogP contribution >= 0.6 is 0 Å². The number of hydrogen-bond acceptors (Lipinski definition) is 5. The maximum absolute atomic E-state index is 13.7. The number of rotatable bonds is 6. The van der Waals surface area contributed by atoms with E-state index < -0.39 is 21.7 Å². The van der Waals surface area contributed by atoms with Gasteiger partial charge in [0.2, 0.25) is 21.7 Å². The zero-order valence-electron chi connectivity index (χ0n) is 13.7. The first-order valence-corrected chi connectivity index (χ1v) is 9.18. The van der Waals surface area contributed by atoms with Crippen molar-refractivity contribution < 1.29 is 21.7 Å². The highest BCUT2D eigenvalue weighted by atomic mass is 32.2. The molecule has 0 bridgehead atoms. The second-order valence-corrected chi connectivity index (χ2v) is 7.28. The first-order chi connectivity index (χ1) is 12.4. The van der Waals surface area contributed by atoms with Crippen LogP contribution in [0.1, 0.15) is 11.5 Å². The molecule has 0 aliphatic carbocycles. The van der Waals surface area contributed by atoms with Crippen LogP contribution < -0.4 is 4.72 Å². The van der Waals surface area contributed by atoms with Crippen molar-refractivity contribution in [2.45, 2.75) is 18.2 Å². The highest BCUT2D eigenvalue weighted by Gasteiger charge is 2.18. The molecule has 3 aromatic rings. The molecule has 0 aliphatic heterocycles. The molecule has 1 aromatic heterocycles. The van der Waals surface area contributed by atoms with Crippen molar-refractivity contribution in [1.29, 1.82) is 0 Å². The second-order valence-electron chi connectivity index (χ2n) is 5.55. The standard InChI is InChI=1S/C17H15F2N3O3S/c1-11-10-12(18)6-7-15(11)26(23,24)20-9-8-16-21-17(22-25-16)13-4-2-3-5-14(13)19/h2-7,10,20H,8-9H2,1H3. The maximum Gasteiger partial charge on any atom is 0.240 e. The minimum Gasteiger partial charge on any atom is -0.339 e. The summed E-state index contributed by atoms with van der Waals surface area (Å²) in [5, 5.41) is 3.70. The van der Waals surface area contributed by atoms with Crippen LogP contribution in [0.3, 0.4) is 0 Å². The van der Waals surface area contributed by atoms with Gasteiger partial charge in [-0.2, -0.15) is 4.98 Å². The molecule has 0 unspecified atom stereocenters. The number of nitrogens with one attached hydrogen (secondary N) is 1. The lowest BCUT2D eigenvalue weighted by atomic mass is 10.2. The van der Waals surface area contributed by atoms with Gasteiger partial charge < -0.3 is 4.52 Å². The molecule has 0 amide bonds. The van der Waals surface area contributed by atoms with Gasteiger partial charge in [0, 0.05) is 13.0 Å². The average Bonchev–Trinajstić information content (AvgIpc) is 3.03. The number of aryl methyl sites for hydroxylation is 1. The van der Waals surface area contributed by atoms with E-state index in [0.29, 0.717) is 5.56 Å². The first-order valence-electron chi connectivity index (χ1n) is 7.70. The van der Waals surface area contributed by atoms with Gasteiger partial charge >= 0.3 is 0 Å². The van der Waals surface area contributed by atoms with Crippen molar-refractivity contribution in [1.82, 2.24) is 14.9 Å². The van der Waals surface area contributed by atoms with Gasteiger partial charge in [0.15, 0.2) is 0 Å². The van der Waals surface area contributed by atoms with E-state index in [1.807, 2.05) is 0 Å². The molecule has 0 aliphatic rings. The van der Waals surface area contributed by atoms with E-state index in [9.17, 15) is 17.2 Å². The summed E-state index contributed by atoms with van der Waals surface area (Å²) in [4.78, 5) is 4.06. The fourth-order valence-corrected chi connectivity index (χ4v) is 3.65. The zero-order chi connectivity index (χ0) is 18.7. The Morgan fingerprint density at radius 3 is 2.65 bits per heavy atom. The molecule has 0 radical (unpaired) electrons. The molecule has 26 heavy (non-hydrogen) atoms. The number of sulfonamides is 1. The van der Waals surface area contributed by atoms with E-state index in [2.05, 4.69) is 14.9 Å². The van der Waals surface area contributed by atoms with Crippen molar-refractivity contribution in [2.75, 3.05) is 6.54 Å². The van der Waals surface area contributed by atoms with Crippen LogP contribution in [-0.2, 0) is 16.4 Å². The van der Waals surface area contributed by atoms with E-state index >= 15 is 0 Å². The smallest absolute Gasteiger partial charge is 0.240 e. The van der Waals surface area contributed by atoms with E-state index in [1.165, 1.54) is 25.1 Å². The van der Waals surface area contributed by atoms with Crippen LogP contribution in [0.4, 0.5) is 8.78 Å². The lowest BCUT2D eigenvalue weighted by Crippen LogP contribution is -2.26. The molecular formula is C17H15F2N3O3S. The topological polar surface area (TPSA) is 85.1 Å². The van der Waals surface area contributed by atoms with Crippen LogP contribution in [-0.4, -0.2) is 25.1 Å². The second kappa shape index (κ2) is 7.30. The molecular weight excluding hydrogens is 364 g/mol. The van der Waals surface area contributed by atoms with Crippen molar-refractivity contribution in [3.63, 3.8) is 0 Å². The molecule has 2 aromatic carbocycles. The Balaban J connectivity index is 1.66. The van der Waals surface area contributed by atoms with Crippen molar-refractivity contribution in [3.05, 3.63) is 65.6 Å². The van der Waals surface area contributed by atoms with Gasteiger partial charge in [-0.05, 0) is 42.8 Å². The Bertz CT molecular complexity index is 1040. The molecule has 1 heterocycles. The number of halogens is 2. The van der Waals surface area contributed by atoms with E-state index in [4.69, 9.17) is 4.52 Å². The molecule has 1 N–H and O–H groups in total. The van der Waals surface area contributed by atoms with Gasteiger partial charge in [-0.25, -0.2) is 21.9 Å². The first kappa shape index (κ1) is 18.2. The fraction of sp³-hybridized carbons (Fsp3) is 0.176. The summed E-state index contributed by atoms with van der Waals surface area (Å²) in [7, 11) is -3.80. The van der Waals surface area contributed by atoms with Crippen LogP contribution in [0.15, 0.2) is 51.9 Å². The summed E-state index contributed by atoms with van der Waals surface area (Å²) < 4.78 is 58.8. The van der Waals surface area contributed by atoms with Gasteiger partial charge in [-0.3, -0.25) is 0 Å². The summed E-state index contributed by atoms with van der Waals surface area (Å²) >= 11 is 0. The molecule has 0 saturated heterocycles. The molecule has 3 rings (SSSR count). The number of nitrogens with zero attached hydrogens (tertiary/aromatic N) is 2. The Hall–Kier alpha value is -2.65. The number of benzene rings is 2. The van der Waals surface area contributed by atoms with Crippen LogP contribution in [0.2, 0.25) is 0 Å². The van der Waals surface area contributed by atoms with Crippen LogP contribution in [0.5, 0.6) is 0 Å². The van der Waals surface area contributed by atoms with Crippen LogP contribution in [0, 0.1) is 18.6 Å². The van der Waals surface area contributed by atoms with E-state index in [-0.39, 0.29) is 35.1 Å². The van der Waals surface area contributed by atoms with E-state index in [1.54, 1.807) is 12.1 Å². The van der Waals surface area contributed by atoms with Crippen molar-refractivity contribution in [2.24, 2.45) is 0 Å². The number of hydrogen-bond donors (Lipinski definition) is 1. The Labute approximate surface area is 148 Å². The summed E-state index contributed by atoms with van der Waals surface area (Å²) in [6.45, 7) is 1.51. The quantitative estimate of drug-likeness (QED) is 0.712. The maximum atomic E-state index is 13.7. The third-order valence-electron chi connectivity index (χ3n) is 3.64. The monoisotopic (exact) mass is 379 g/mol. The van der Waals surface area contributed by atoms with Gasteiger partial charge in [-0.15, -0.1) is 0 Å². The highest BCUT2D eigenvalue weighted by molar-refractivity contribution is 7.89. The zero-order valence-corrected chi connectivity index (χ0v) is 14.6. The average molecular weight is 379 g/mol. The lowest BCUT2D eigenvalue weighted by Gasteiger charge is -2.08. The molecule has 0 atom stereocenters. The lowest BCUT2D eigenvalue weighted by molar-refractivity contribution is 0.378. The van der Waals surface area contributed by atoms with Gasteiger partial charge in [0.25, 0.3) is 0 Å². The molecule has 136 valence electrons. The molecule has 9 heteroatoms. The summed E-state index contributed by atoms with van der Waals surface area (Å²) in [6, 6.07) is 9.43. The molecule has 0 fully saturated rings. The predicted molar refractivity (Wildman–Crippen MR) is 89.7 cm³/mol. The third kappa shape index (κ3) is 3.94. The third-order valence-corrected chi connectivity index (χ3v) is 5.26. The Morgan fingerprint density at radius 2 is 1.92 bits per heavy atom. The molecule has 0 spiro atoms. The fourth-order valence-electron chi connectivity index (χ4n) is 2.39. The largest absolute Gasteiger partial charge is 0.339 e. The van der Waals surface area contributed by atoms with Crippen molar-refractivity contribution >= 4 is 10.0 Å². The van der Waals surface area contributed by atoms with Crippen molar-refractivity contribution in [3.8, 4) is 11.4 Å². The van der Waals surface area contributed by atoms with Gasteiger partial charge in [0.1, 0.15) is 11.6 Å². The minimum absolute atomic E-state index is 0.00193. The summed E-state index contributed by atoms with van der Waals surface area (Å²) in [5.74, 6) is -0.725. The predicted octanol–water partition coefficient (Wildman–Crippen LogP) is 2.84. The Morgan fingerprint density at radius 1 is 1.15 bits per heavy atom. The summed E-state index contributed by atoms with van der Waals surface area (Å²) in [5.41, 5.74) is 0.502. The Kier molecular flexibility index (Phi) is 5.10. The minimum atomic E-state index is -3.80. The number of aromatic nitrogens is 2. The normalized spacial score (nSPS) is 11.7. The van der Waals surface area contributed by atoms with Gasteiger partial charge in [0.05, 0.1) is 10.5 Å². The van der Waals surface area contributed by atoms with E-state index in [0.717, 1.165) is 12.1 Å².